The Labute approximate surface area is 177 Å². The van der Waals surface area contributed by atoms with Crippen LogP contribution in [-0.2, 0) is 19.1 Å². The zero-order valence-electron chi connectivity index (χ0n) is 16.8. The molecule has 2 aromatic carbocycles. The van der Waals surface area contributed by atoms with E-state index in [0.29, 0.717) is 22.9 Å². The molecule has 2 amide bonds. The summed E-state index contributed by atoms with van der Waals surface area (Å²) in [4.78, 5) is 39.8. The molecule has 0 saturated carbocycles. The van der Waals surface area contributed by atoms with E-state index in [-0.39, 0.29) is 24.5 Å². The summed E-state index contributed by atoms with van der Waals surface area (Å²) in [6.45, 7) is 1.64. The lowest BCUT2D eigenvalue weighted by Gasteiger charge is -2.33. The van der Waals surface area contributed by atoms with Gasteiger partial charge in [0.25, 0.3) is 0 Å². The van der Waals surface area contributed by atoms with E-state index in [0.717, 1.165) is 0 Å². The molecular formula is C22H19FN2O6. The van der Waals surface area contributed by atoms with Crippen LogP contribution in [0, 0.1) is 11.7 Å². The number of nitrogens with zero attached hydrogens (tertiary/aromatic N) is 1. The van der Waals surface area contributed by atoms with Gasteiger partial charge in [-0.05, 0) is 43.3 Å². The zero-order chi connectivity index (χ0) is 22.1. The number of hydrogen-bond acceptors (Lipinski definition) is 6. The van der Waals surface area contributed by atoms with Crippen molar-refractivity contribution in [3.05, 3.63) is 59.6 Å². The minimum Gasteiger partial charge on any atom is -0.466 e. The molecule has 4 rings (SSSR count). The predicted molar refractivity (Wildman–Crippen MR) is 108 cm³/mol. The molecule has 0 saturated heterocycles. The summed E-state index contributed by atoms with van der Waals surface area (Å²) in [7, 11) is 1.20. The fourth-order valence-corrected chi connectivity index (χ4v) is 3.68. The summed E-state index contributed by atoms with van der Waals surface area (Å²) >= 11 is 0. The third-order valence-electron chi connectivity index (χ3n) is 5.15. The van der Waals surface area contributed by atoms with Gasteiger partial charge in [0, 0.05) is 29.6 Å². The number of ether oxygens (including phenoxy) is 3. The van der Waals surface area contributed by atoms with Gasteiger partial charge in [0.1, 0.15) is 5.82 Å². The molecule has 0 aliphatic carbocycles. The van der Waals surface area contributed by atoms with E-state index in [2.05, 4.69) is 5.32 Å². The lowest BCUT2D eigenvalue weighted by Crippen LogP contribution is -2.43. The van der Waals surface area contributed by atoms with Crippen LogP contribution < -0.4 is 19.7 Å². The number of halogens is 1. The van der Waals surface area contributed by atoms with Crippen molar-refractivity contribution in [3.8, 4) is 11.5 Å². The third-order valence-corrected chi connectivity index (χ3v) is 5.15. The van der Waals surface area contributed by atoms with Gasteiger partial charge in [-0.3, -0.25) is 14.5 Å². The molecule has 31 heavy (non-hydrogen) atoms. The Morgan fingerprint density at radius 1 is 1.13 bits per heavy atom. The molecule has 2 aliphatic heterocycles. The number of rotatable bonds is 4. The van der Waals surface area contributed by atoms with Crippen molar-refractivity contribution in [2.24, 2.45) is 5.92 Å². The molecule has 2 aromatic rings. The molecule has 1 atom stereocenters. The highest BCUT2D eigenvalue weighted by Crippen LogP contribution is 2.36. The van der Waals surface area contributed by atoms with E-state index in [4.69, 9.17) is 14.2 Å². The zero-order valence-corrected chi connectivity index (χ0v) is 16.8. The van der Waals surface area contributed by atoms with Crippen molar-refractivity contribution >= 4 is 29.2 Å². The van der Waals surface area contributed by atoms with Crippen molar-refractivity contribution in [1.82, 2.24) is 0 Å². The first kappa shape index (κ1) is 20.4. The van der Waals surface area contributed by atoms with Crippen LogP contribution in [0.1, 0.15) is 13.3 Å². The average Bonchev–Trinajstić information content (AvgIpc) is 3.22. The van der Waals surface area contributed by atoms with E-state index < -0.39 is 29.5 Å². The lowest BCUT2D eigenvalue weighted by molar-refractivity contribution is -0.138. The Hall–Kier alpha value is -3.88. The quantitative estimate of drug-likeness (QED) is 0.756. The Bertz CT molecular complexity index is 1100. The average molecular weight is 426 g/mol. The van der Waals surface area contributed by atoms with E-state index in [1.807, 2.05) is 0 Å². The second-order valence-electron chi connectivity index (χ2n) is 7.01. The number of benzene rings is 2. The van der Waals surface area contributed by atoms with Gasteiger partial charge in [0.05, 0.1) is 18.6 Å². The number of esters is 1. The number of allylic oxidation sites excluding steroid dienone is 1. The first-order chi connectivity index (χ1) is 14.9. The number of carbonyl (C=O) groups excluding carboxylic acids is 3. The molecule has 9 heteroatoms. The molecule has 0 spiro atoms. The first-order valence-electron chi connectivity index (χ1n) is 9.47. The van der Waals surface area contributed by atoms with Crippen LogP contribution >= 0.6 is 0 Å². The van der Waals surface area contributed by atoms with Gasteiger partial charge in [-0.15, -0.1) is 0 Å². The molecule has 2 aliphatic rings. The SMILES string of the molecule is COC(=O)C1=C(C)N(c2ccc(F)cc2)C(=O)C[C@@H]1C(=O)Nc1ccc2c(c1)OCO2. The van der Waals surface area contributed by atoms with Gasteiger partial charge in [-0.2, -0.15) is 0 Å². The molecule has 0 radical (unpaired) electrons. The van der Waals surface area contributed by atoms with Crippen LogP contribution in [0.25, 0.3) is 0 Å². The largest absolute Gasteiger partial charge is 0.466 e. The topological polar surface area (TPSA) is 94.2 Å². The normalized spacial score (nSPS) is 17.6. The minimum absolute atomic E-state index is 0.0599. The maximum atomic E-state index is 13.3. The summed E-state index contributed by atoms with van der Waals surface area (Å²) in [6.07, 6.45) is -0.254. The number of hydrogen-bond donors (Lipinski definition) is 1. The number of methoxy groups -OCH3 is 1. The molecular weight excluding hydrogens is 407 g/mol. The Morgan fingerprint density at radius 2 is 1.84 bits per heavy atom. The Balaban J connectivity index is 1.66. The third kappa shape index (κ3) is 3.81. The molecule has 2 heterocycles. The molecule has 0 unspecified atom stereocenters. The summed E-state index contributed by atoms with van der Waals surface area (Å²) in [6, 6.07) is 10.2. The maximum Gasteiger partial charge on any atom is 0.336 e. The lowest BCUT2D eigenvalue weighted by atomic mass is 9.88. The highest BCUT2D eigenvalue weighted by atomic mass is 19.1. The van der Waals surface area contributed by atoms with Crippen molar-refractivity contribution in [2.75, 3.05) is 24.1 Å². The number of nitrogens with one attached hydrogen (secondary N) is 1. The summed E-state index contributed by atoms with van der Waals surface area (Å²) in [5.74, 6) is -2.12. The summed E-state index contributed by atoms with van der Waals surface area (Å²) < 4.78 is 28.7. The van der Waals surface area contributed by atoms with Crippen molar-refractivity contribution in [1.29, 1.82) is 0 Å². The van der Waals surface area contributed by atoms with E-state index in [1.165, 1.54) is 36.3 Å². The smallest absolute Gasteiger partial charge is 0.336 e. The fourth-order valence-electron chi connectivity index (χ4n) is 3.68. The van der Waals surface area contributed by atoms with Gasteiger partial charge in [-0.25, -0.2) is 9.18 Å². The number of anilines is 2. The van der Waals surface area contributed by atoms with Gasteiger partial charge >= 0.3 is 5.97 Å². The van der Waals surface area contributed by atoms with Gasteiger partial charge in [0.15, 0.2) is 11.5 Å². The molecule has 160 valence electrons. The van der Waals surface area contributed by atoms with Crippen molar-refractivity contribution in [3.63, 3.8) is 0 Å². The van der Waals surface area contributed by atoms with Crippen LogP contribution in [0.3, 0.4) is 0 Å². The van der Waals surface area contributed by atoms with Gasteiger partial charge < -0.3 is 19.5 Å². The van der Waals surface area contributed by atoms with E-state index in [1.54, 1.807) is 25.1 Å². The molecule has 8 nitrogen and oxygen atoms in total. The second-order valence-corrected chi connectivity index (χ2v) is 7.01. The second kappa shape index (κ2) is 8.10. The fraction of sp³-hybridized carbons (Fsp3) is 0.227. The Morgan fingerprint density at radius 3 is 2.55 bits per heavy atom. The van der Waals surface area contributed by atoms with Gasteiger partial charge in [0.2, 0.25) is 18.6 Å². The van der Waals surface area contributed by atoms with Crippen molar-refractivity contribution < 1.29 is 33.0 Å². The van der Waals surface area contributed by atoms with Gasteiger partial charge in [-0.1, -0.05) is 0 Å². The standard InChI is InChI=1S/C22H19FN2O6/c1-12-20(22(28)29-2)16(10-19(26)25(12)15-6-3-13(23)4-7-15)21(27)24-14-5-8-17-18(9-14)31-11-30-17/h3-9,16H,10-11H2,1-2H3,(H,24,27)/t16-/m0/s1. The van der Waals surface area contributed by atoms with Crippen LogP contribution in [0.15, 0.2) is 53.7 Å². The van der Waals surface area contributed by atoms with Crippen LogP contribution in [0.4, 0.5) is 15.8 Å². The first-order valence-corrected chi connectivity index (χ1v) is 9.47. The van der Waals surface area contributed by atoms with Crippen molar-refractivity contribution in [2.45, 2.75) is 13.3 Å². The highest BCUT2D eigenvalue weighted by Gasteiger charge is 2.40. The predicted octanol–water partition coefficient (Wildman–Crippen LogP) is 2.99. The number of amides is 2. The monoisotopic (exact) mass is 426 g/mol. The molecule has 0 aromatic heterocycles. The van der Waals surface area contributed by atoms with Crippen LogP contribution in [0.2, 0.25) is 0 Å². The highest BCUT2D eigenvalue weighted by molar-refractivity contribution is 6.10. The molecule has 0 fully saturated rings. The summed E-state index contributed by atoms with van der Waals surface area (Å²) in [5.41, 5.74) is 1.13. The summed E-state index contributed by atoms with van der Waals surface area (Å²) in [5, 5.41) is 2.72. The number of fused-ring (bicyclic) bond motifs is 1. The maximum absolute atomic E-state index is 13.3. The molecule has 0 bridgehead atoms. The van der Waals surface area contributed by atoms with E-state index in [9.17, 15) is 18.8 Å². The van der Waals surface area contributed by atoms with Crippen LogP contribution in [0.5, 0.6) is 11.5 Å². The minimum atomic E-state index is -1.05. The Kier molecular flexibility index (Phi) is 5.33. The van der Waals surface area contributed by atoms with E-state index >= 15 is 0 Å². The van der Waals surface area contributed by atoms with Crippen LogP contribution in [-0.4, -0.2) is 31.7 Å². The molecule has 1 N–H and O–H groups in total. The number of carbonyl (C=O) groups is 3.